The van der Waals surface area contributed by atoms with Crippen molar-refractivity contribution in [2.45, 2.75) is 6.92 Å². The molecule has 0 bridgehead atoms. The van der Waals surface area contributed by atoms with Crippen molar-refractivity contribution in [3.8, 4) is 0 Å². The van der Waals surface area contributed by atoms with Gasteiger partial charge in [0.25, 0.3) is 0 Å². The zero-order valence-corrected chi connectivity index (χ0v) is 8.91. The molecule has 1 amide bonds. The minimum atomic E-state index is -1.04. The smallest absolute Gasteiger partial charge is 0.446 e. The third-order valence-electron chi connectivity index (χ3n) is 0.458. The predicted molar refractivity (Wildman–Crippen MR) is 32.9 cm³/mol. The van der Waals surface area contributed by atoms with Crippen molar-refractivity contribution in [1.82, 2.24) is 5.43 Å². The van der Waals surface area contributed by atoms with Gasteiger partial charge >= 0.3 is 6.09 Å². The summed E-state index contributed by atoms with van der Waals surface area (Å²) in [6.07, 6.45) is -1.04. The molecule has 0 rings (SSSR count). The Morgan fingerprint density at radius 2 is 2.30 bits per heavy atom. The second-order valence-electron chi connectivity index (χ2n) is 1.09. The van der Waals surface area contributed by atoms with Crippen LogP contribution in [0.2, 0.25) is 0 Å². The molecular weight excluding hydrogens is 167 g/mol. The number of rotatable bonds is 2. The summed E-state index contributed by atoms with van der Waals surface area (Å²) in [4.78, 5) is 19.6. The number of carbonyl (C=O) groups excluding carboxylic acids is 1. The first-order chi connectivity index (χ1) is 4.16. The Hall–Kier alpha value is 0.306. The zero-order valence-electron chi connectivity index (χ0n) is 5.79. The Kier molecular flexibility index (Phi) is 9.59. The molecule has 10 heavy (non-hydrogen) atoms. The van der Waals surface area contributed by atoms with Crippen LogP contribution in [0.3, 0.4) is 0 Å². The molecule has 1 radical (unpaired) electrons. The normalized spacial score (nSPS) is 7.30. The minimum absolute atomic E-state index is 0. The first-order valence-electron chi connectivity index (χ1n) is 2.24. The van der Waals surface area contributed by atoms with Crippen LogP contribution in [-0.4, -0.2) is 69.1 Å². The molecule has 0 atom stereocenters. The molecule has 0 aromatic carbocycles. The molecule has 7 heteroatoms. The largest absolute Gasteiger partial charge is 0.465 e. The van der Waals surface area contributed by atoms with E-state index < -0.39 is 11.1 Å². The maximum absolute atomic E-state index is 10.1. The van der Waals surface area contributed by atoms with Gasteiger partial charge in [0, 0.05) is 51.4 Å². The summed E-state index contributed by atoms with van der Waals surface area (Å²) in [7, 11) is 0. The molecule has 0 aliphatic rings. The van der Waals surface area contributed by atoms with E-state index in [-0.39, 0.29) is 58.0 Å². The molecule has 0 aromatic rings. The van der Waals surface area contributed by atoms with Crippen LogP contribution < -0.4 is 5.43 Å². The van der Waals surface area contributed by atoms with Crippen molar-refractivity contribution < 1.29 is 14.6 Å². The maximum atomic E-state index is 10.1. The molecule has 6 nitrogen and oxygen atoms in total. The molecule has 0 saturated heterocycles. The number of amides is 1. The quantitative estimate of drug-likeness (QED) is 0.348. The Balaban J connectivity index is 0. The van der Waals surface area contributed by atoms with E-state index >= 15 is 0 Å². The molecule has 0 unspecified atom stereocenters. The average molecular weight is 173 g/mol. The van der Waals surface area contributed by atoms with Gasteiger partial charge in [0.15, 0.2) is 5.03 Å². The van der Waals surface area contributed by atoms with E-state index in [0.29, 0.717) is 0 Å². The Bertz CT molecular complexity index is 128. The summed E-state index contributed by atoms with van der Waals surface area (Å²) in [5, 5.41) is 8.50. The van der Waals surface area contributed by atoms with Crippen LogP contribution in [0.25, 0.3) is 0 Å². The second kappa shape index (κ2) is 7.41. The Morgan fingerprint density at radius 1 is 1.80 bits per heavy atom. The fraction of sp³-hybridized carbons (Fsp3) is 0.667. The molecule has 0 heterocycles. The molecule has 0 aliphatic heterocycles. The van der Waals surface area contributed by atoms with Crippen LogP contribution in [0.5, 0.6) is 0 Å². The fourth-order valence-corrected chi connectivity index (χ4v) is 0.238. The summed E-state index contributed by atoms with van der Waals surface area (Å²) in [6, 6.07) is 0. The third kappa shape index (κ3) is 8.31. The number of hydrogen-bond acceptors (Lipinski definition) is 4. The van der Waals surface area contributed by atoms with E-state index in [4.69, 9.17) is 0 Å². The number of nitro groups is 1. The van der Waals surface area contributed by atoms with Gasteiger partial charge in [-0.1, -0.05) is 0 Å². The van der Waals surface area contributed by atoms with Crippen molar-refractivity contribution in [3.05, 3.63) is 10.1 Å². The van der Waals surface area contributed by atoms with Gasteiger partial charge in [-0.2, -0.15) is 0 Å². The number of hydrogen-bond donors (Lipinski definition) is 1. The average Bonchev–Trinajstić information content (AvgIpc) is 1.63. The molecule has 0 spiro atoms. The van der Waals surface area contributed by atoms with Crippen LogP contribution in [0, 0.1) is 10.1 Å². The van der Waals surface area contributed by atoms with Crippen molar-refractivity contribution in [3.63, 3.8) is 0 Å². The molecule has 0 aromatic heterocycles. The maximum Gasteiger partial charge on any atom is 0.465 e. The van der Waals surface area contributed by atoms with Crippen LogP contribution in [-0.2, 0) is 4.74 Å². The van der Waals surface area contributed by atoms with Gasteiger partial charge in [-0.15, -0.1) is 0 Å². The van der Waals surface area contributed by atoms with E-state index in [1.54, 1.807) is 6.92 Å². The molecule has 0 fully saturated rings. The molecule has 0 aliphatic carbocycles. The SMILES string of the molecule is CCOC(=O)N[N+](=O)[O-].[K]. The van der Waals surface area contributed by atoms with Crippen LogP contribution in [0.4, 0.5) is 4.79 Å². The van der Waals surface area contributed by atoms with E-state index in [1.807, 2.05) is 0 Å². The molecular formula is C3H6KN2O4. The Labute approximate surface area is 99.8 Å². The standard InChI is InChI=1S/C3H6N2O4.K/c1-2-9-3(6)4-5(7)8;/h2H2,1H3,(H,4,6);. The molecule has 0 saturated carbocycles. The van der Waals surface area contributed by atoms with Crippen LogP contribution in [0.1, 0.15) is 6.92 Å². The van der Waals surface area contributed by atoms with E-state index in [9.17, 15) is 14.9 Å². The van der Waals surface area contributed by atoms with Gasteiger partial charge < -0.3 is 4.74 Å². The number of nitrogens with zero attached hydrogens (tertiary/aromatic N) is 1. The van der Waals surface area contributed by atoms with Crippen molar-refractivity contribution in [2.75, 3.05) is 6.61 Å². The number of hydrazine groups is 1. The van der Waals surface area contributed by atoms with Gasteiger partial charge in [-0.05, 0) is 12.3 Å². The van der Waals surface area contributed by atoms with E-state index in [0.717, 1.165) is 0 Å². The summed E-state index contributed by atoms with van der Waals surface area (Å²) in [5.74, 6) is 0. The summed E-state index contributed by atoms with van der Waals surface area (Å²) in [6.45, 7) is 1.68. The number of nitrogens with one attached hydrogen (secondary N) is 1. The van der Waals surface area contributed by atoms with E-state index in [1.165, 1.54) is 5.43 Å². The summed E-state index contributed by atoms with van der Waals surface area (Å²) in [5.41, 5.74) is 1.30. The van der Waals surface area contributed by atoms with Gasteiger partial charge in [0.1, 0.15) is 0 Å². The van der Waals surface area contributed by atoms with Crippen LogP contribution in [0.15, 0.2) is 0 Å². The van der Waals surface area contributed by atoms with Gasteiger partial charge in [0.05, 0.1) is 6.61 Å². The van der Waals surface area contributed by atoms with Crippen molar-refractivity contribution >= 4 is 57.5 Å². The van der Waals surface area contributed by atoms with Gasteiger partial charge in [-0.3, -0.25) is 0 Å². The van der Waals surface area contributed by atoms with E-state index in [2.05, 4.69) is 4.74 Å². The fourth-order valence-electron chi connectivity index (χ4n) is 0.238. The number of carbonyl (C=O) groups is 1. The topological polar surface area (TPSA) is 81.5 Å². The van der Waals surface area contributed by atoms with Gasteiger partial charge in [-0.25, -0.2) is 14.9 Å². The Morgan fingerprint density at radius 3 is 2.60 bits per heavy atom. The monoisotopic (exact) mass is 173 g/mol. The molecule has 1 N–H and O–H groups in total. The van der Waals surface area contributed by atoms with Crippen molar-refractivity contribution in [1.29, 1.82) is 0 Å². The van der Waals surface area contributed by atoms with Gasteiger partial charge in [0.2, 0.25) is 0 Å². The molecule has 53 valence electrons. The third-order valence-corrected chi connectivity index (χ3v) is 0.458. The number of ether oxygens (including phenoxy) is 1. The minimum Gasteiger partial charge on any atom is -0.446 e. The predicted octanol–water partition coefficient (Wildman–Crippen LogP) is -0.457. The summed E-state index contributed by atoms with van der Waals surface area (Å²) < 4.78 is 4.16. The first-order valence-corrected chi connectivity index (χ1v) is 2.24. The summed E-state index contributed by atoms with van der Waals surface area (Å²) >= 11 is 0. The van der Waals surface area contributed by atoms with Crippen LogP contribution >= 0.6 is 0 Å². The van der Waals surface area contributed by atoms with Crippen molar-refractivity contribution in [2.24, 2.45) is 0 Å². The second-order valence-corrected chi connectivity index (χ2v) is 1.09. The zero-order chi connectivity index (χ0) is 7.28. The first kappa shape index (κ1) is 12.9.